The second kappa shape index (κ2) is 13.6. The molecule has 0 spiro atoms. The quantitative estimate of drug-likeness (QED) is 0.314. The molecule has 0 aliphatic heterocycles. The Balaban J connectivity index is 2.04. The molecule has 8 heteroatoms. The molecule has 0 unspecified atom stereocenters. The van der Waals surface area contributed by atoms with Crippen molar-refractivity contribution < 1.29 is 18.0 Å². The van der Waals surface area contributed by atoms with E-state index >= 15 is 0 Å². The van der Waals surface area contributed by atoms with Gasteiger partial charge in [-0.2, -0.15) is 0 Å². The summed E-state index contributed by atoms with van der Waals surface area (Å²) in [6.07, 6.45) is 1.14. The summed E-state index contributed by atoms with van der Waals surface area (Å²) in [7, 11) is -4.08. The van der Waals surface area contributed by atoms with Gasteiger partial charge in [-0.3, -0.25) is 13.9 Å². The summed E-state index contributed by atoms with van der Waals surface area (Å²) >= 11 is 0. The molecule has 0 saturated carbocycles. The average molecular weight is 564 g/mol. The van der Waals surface area contributed by atoms with E-state index in [1.54, 1.807) is 36.4 Å². The van der Waals surface area contributed by atoms with Crippen LogP contribution in [0.4, 0.5) is 5.69 Å². The smallest absolute Gasteiger partial charge is 0.264 e. The van der Waals surface area contributed by atoms with Crippen LogP contribution in [0.3, 0.4) is 0 Å². The Morgan fingerprint density at radius 1 is 0.775 bits per heavy atom. The van der Waals surface area contributed by atoms with Crippen LogP contribution >= 0.6 is 0 Å². The minimum atomic E-state index is -4.08. The van der Waals surface area contributed by atoms with Gasteiger partial charge in [0.1, 0.15) is 12.6 Å². The molecule has 40 heavy (non-hydrogen) atoms. The number of benzene rings is 3. The number of aryl methyl sites for hydroxylation is 3. The maximum atomic E-state index is 14.1. The highest BCUT2D eigenvalue weighted by molar-refractivity contribution is 7.92. The zero-order chi connectivity index (χ0) is 29.4. The minimum Gasteiger partial charge on any atom is -0.352 e. The van der Waals surface area contributed by atoms with Crippen LogP contribution in [-0.4, -0.2) is 43.8 Å². The van der Waals surface area contributed by atoms with Crippen molar-refractivity contribution in [2.45, 2.75) is 77.9 Å². The Kier molecular flexibility index (Phi) is 10.5. The predicted molar refractivity (Wildman–Crippen MR) is 161 cm³/mol. The monoisotopic (exact) mass is 563 g/mol. The van der Waals surface area contributed by atoms with Gasteiger partial charge in [0.25, 0.3) is 10.0 Å². The SMILES string of the molecule is CC[C@H](C(=O)N[C@@H](C)CC)N(Cc1ccc(C)cc1)C(=O)CN(c1ccc(C)cc1)S(=O)(=O)c1ccc(C)cc1. The lowest BCUT2D eigenvalue weighted by Crippen LogP contribution is -2.53. The van der Waals surface area contributed by atoms with E-state index in [4.69, 9.17) is 0 Å². The summed E-state index contributed by atoms with van der Waals surface area (Å²) in [6, 6.07) is 20.6. The van der Waals surface area contributed by atoms with Crippen molar-refractivity contribution in [2.24, 2.45) is 0 Å². The first-order chi connectivity index (χ1) is 19.0. The van der Waals surface area contributed by atoms with Crippen LogP contribution < -0.4 is 9.62 Å². The second-order valence-electron chi connectivity index (χ2n) is 10.4. The van der Waals surface area contributed by atoms with Crippen molar-refractivity contribution >= 4 is 27.5 Å². The van der Waals surface area contributed by atoms with Crippen molar-refractivity contribution in [2.75, 3.05) is 10.8 Å². The number of sulfonamides is 1. The Bertz CT molecular complexity index is 1390. The largest absolute Gasteiger partial charge is 0.352 e. The normalized spacial score (nSPS) is 12.8. The zero-order valence-electron chi connectivity index (χ0n) is 24.3. The number of amides is 2. The maximum Gasteiger partial charge on any atom is 0.264 e. The number of nitrogens with zero attached hydrogens (tertiary/aromatic N) is 2. The first-order valence-electron chi connectivity index (χ1n) is 13.8. The first-order valence-corrected chi connectivity index (χ1v) is 15.2. The summed E-state index contributed by atoms with van der Waals surface area (Å²) in [5.74, 6) is -0.705. The molecule has 3 aromatic carbocycles. The lowest BCUT2D eigenvalue weighted by atomic mass is 10.1. The molecule has 0 radical (unpaired) electrons. The lowest BCUT2D eigenvalue weighted by Gasteiger charge is -2.33. The molecular weight excluding hydrogens is 522 g/mol. The number of anilines is 1. The third-order valence-electron chi connectivity index (χ3n) is 7.07. The highest BCUT2D eigenvalue weighted by Crippen LogP contribution is 2.25. The standard InChI is InChI=1S/C32H41N3O4S/c1-7-26(6)33-32(37)30(8-2)34(21-27-15-9-23(3)10-16-27)31(36)22-35(28-17-11-24(4)12-18-28)40(38,39)29-19-13-25(5)14-20-29/h9-20,26,30H,7-8,21-22H2,1-6H3,(H,33,37)/t26-,30+/m0/s1. The molecule has 2 atom stereocenters. The van der Waals surface area contributed by atoms with E-state index in [2.05, 4.69) is 5.32 Å². The van der Waals surface area contributed by atoms with Crippen molar-refractivity contribution in [3.05, 3.63) is 95.1 Å². The zero-order valence-corrected chi connectivity index (χ0v) is 25.2. The Morgan fingerprint density at radius 3 is 1.77 bits per heavy atom. The summed E-state index contributed by atoms with van der Waals surface area (Å²) in [4.78, 5) is 29.0. The van der Waals surface area contributed by atoms with Crippen molar-refractivity contribution in [3.63, 3.8) is 0 Å². The first kappa shape index (κ1) is 30.9. The molecule has 214 valence electrons. The molecule has 0 aromatic heterocycles. The van der Waals surface area contributed by atoms with Gasteiger partial charge in [-0.25, -0.2) is 8.42 Å². The highest BCUT2D eigenvalue weighted by atomic mass is 32.2. The van der Waals surface area contributed by atoms with E-state index in [9.17, 15) is 18.0 Å². The van der Waals surface area contributed by atoms with Crippen LogP contribution in [0.1, 0.15) is 55.9 Å². The number of hydrogen-bond acceptors (Lipinski definition) is 4. The van der Waals surface area contributed by atoms with E-state index in [0.717, 1.165) is 33.0 Å². The van der Waals surface area contributed by atoms with Gasteiger partial charge in [-0.05, 0) is 70.4 Å². The van der Waals surface area contributed by atoms with Gasteiger partial charge in [0, 0.05) is 12.6 Å². The van der Waals surface area contributed by atoms with Crippen LogP contribution in [0.2, 0.25) is 0 Å². The number of nitrogens with one attached hydrogen (secondary N) is 1. The summed E-state index contributed by atoms with van der Waals surface area (Å²) in [5.41, 5.74) is 4.22. The lowest BCUT2D eigenvalue weighted by molar-refractivity contribution is -0.140. The summed E-state index contributed by atoms with van der Waals surface area (Å²) in [6.45, 7) is 11.3. The predicted octanol–water partition coefficient (Wildman–Crippen LogP) is 5.53. The van der Waals surface area contributed by atoms with Crippen LogP contribution in [0.15, 0.2) is 77.7 Å². The van der Waals surface area contributed by atoms with E-state index in [-0.39, 0.29) is 23.4 Å². The van der Waals surface area contributed by atoms with Gasteiger partial charge in [0.15, 0.2) is 0 Å². The van der Waals surface area contributed by atoms with Gasteiger partial charge in [-0.15, -0.1) is 0 Å². The number of rotatable bonds is 12. The van der Waals surface area contributed by atoms with E-state index in [0.29, 0.717) is 12.1 Å². The third-order valence-corrected chi connectivity index (χ3v) is 8.86. The van der Waals surface area contributed by atoms with Crippen LogP contribution in [0, 0.1) is 20.8 Å². The number of carbonyl (C=O) groups is 2. The molecule has 3 rings (SSSR count). The Hall–Kier alpha value is -3.65. The van der Waals surface area contributed by atoms with Crippen molar-refractivity contribution in [1.29, 1.82) is 0 Å². The molecule has 0 aliphatic rings. The van der Waals surface area contributed by atoms with Crippen molar-refractivity contribution in [1.82, 2.24) is 10.2 Å². The Morgan fingerprint density at radius 2 is 1.27 bits per heavy atom. The summed E-state index contributed by atoms with van der Waals surface area (Å²) in [5, 5.41) is 3.00. The van der Waals surface area contributed by atoms with Crippen molar-refractivity contribution in [3.8, 4) is 0 Å². The Labute approximate surface area is 239 Å². The molecule has 0 bridgehead atoms. The van der Waals surface area contributed by atoms with Crippen LogP contribution in [-0.2, 0) is 26.2 Å². The minimum absolute atomic E-state index is 0.0520. The molecule has 0 fully saturated rings. The number of carbonyl (C=O) groups excluding carboxylic acids is 2. The molecule has 3 aromatic rings. The molecule has 7 nitrogen and oxygen atoms in total. The molecule has 2 amide bonds. The van der Waals surface area contributed by atoms with Gasteiger partial charge in [0.2, 0.25) is 11.8 Å². The fraction of sp³-hybridized carbons (Fsp3) is 0.375. The average Bonchev–Trinajstić information content (AvgIpc) is 2.93. The van der Waals surface area contributed by atoms with Crippen LogP contribution in [0.25, 0.3) is 0 Å². The number of hydrogen-bond donors (Lipinski definition) is 1. The fourth-order valence-corrected chi connectivity index (χ4v) is 5.74. The molecule has 1 N–H and O–H groups in total. The van der Waals surface area contributed by atoms with Gasteiger partial charge in [-0.1, -0.05) is 79.1 Å². The van der Waals surface area contributed by atoms with Gasteiger partial charge in [0.05, 0.1) is 10.6 Å². The second-order valence-corrected chi connectivity index (χ2v) is 12.3. The van der Waals surface area contributed by atoms with E-state index < -0.39 is 28.5 Å². The molecular formula is C32H41N3O4S. The molecule has 0 saturated heterocycles. The molecule has 0 aliphatic carbocycles. The van der Waals surface area contributed by atoms with E-state index in [1.165, 1.54) is 4.90 Å². The fourth-order valence-electron chi connectivity index (χ4n) is 4.33. The van der Waals surface area contributed by atoms with Gasteiger partial charge < -0.3 is 10.2 Å². The third kappa shape index (κ3) is 7.72. The topological polar surface area (TPSA) is 86.8 Å². The maximum absolute atomic E-state index is 14.1. The highest BCUT2D eigenvalue weighted by Gasteiger charge is 2.34. The molecule has 0 heterocycles. The van der Waals surface area contributed by atoms with Crippen LogP contribution in [0.5, 0.6) is 0 Å². The van der Waals surface area contributed by atoms with E-state index in [1.807, 2.05) is 77.9 Å². The summed E-state index contributed by atoms with van der Waals surface area (Å²) < 4.78 is 29.0. The van der Waals surface area contributed by atoms with Gasteiger partial charge >= 0.3 is 0 Å².